The van der Waals surface area contributed by atoms with Gasteiger partial charge in [-0.2, -0.15) is 0 Å². The van der Waals surface area contributed by atoms with Crippen LogP contribution in [0, 0.1) is 17.3 Å². The second-order valence-electron chi connectivity index (χ2n) is 8.39. The maximum absolute atomic E-state index is 14.9. The first kappa shape index (κ1) is 16.8. The predicted octanol–water partition coefficient (Wildman–Crippen LogP) is 5.05. The number of rotatable bonds is 5. The van der Waals surface area contributed by atoms with Crippen molar-refractivity contribution in [2.75, 3.05) is 0 Å². The molecule has 0 heterocycles. The normalized spacial score (nSPS) is 34.8. The van der Waals surface area contributed by atoms with Crippen LogP contribution in [0.5, 0.6) is 0 Å². The number of carbonyl (C=O) groups excluding carboxylic acids is 1. The summed E-state index contributed by atoms with van der Waals surface area (Å²) in [6.07, 6.45) is 7.54. The maximum atomic E-state index is 14.9. The smallest absolute Gasteiger partial charge is 0.344 e. The van der Waals surface area contributed by atoms with Crippen molar-refractivity contribution in [2.45, 2.75) is 90.8 Å². The lowest BCUT2D eigenvalue weighted by Crippen LogP contribution is -2.50. The second kappa shape index (κ2) is 5.55. The molecule has 0 aliphatic heterocycles. The molecule has 4 unspecified atom stereocenters. The molecule has 2 rings (SSSR count). The van der Waals surface area contributed by atoms with Gasteiger partial charge in [0.25, 0.3) is 0 Å². The highest BCUT2D eigenvalue weighted by Crippen LogP contribution is 2.55. The first-order valence-corrected chi connectivity index (χ1v) is 8.55. The zero-order chi connectivity index (χ0) is 15.9. The van der Waals surface area contributed by atoms with Crippen molar-refractivity contribution in [1.29, 1.82) is 0 Å². The first-order valence-electron chi connectivity index (χ1n) is 8.55. The molecule has 2 aliphatic rings. The molecule has 0 amide bonds. The molecule has 4 atom stereocenters. The Balaban J connectivity index is 2.15. The van der Waals surface area contributed by atoms with Crippen molar-refractivity contribution in [3.8, 4) is 0 Å². The van der Waals surface area contributed by atoms with Crippen LogP contribution in [-0.2, 0) is 9.53 Å². The lowest BCUT2D eigenvalue weighted by Gasteiger charge is -2.41. The zero-order valence-electron chi connectivity index (χ0n) is 14.3. The number of ether oxygens (including phenoxy) is 1. The van der Waals surface area contributed by atoms with E-state index in [2.05, 4.69) is 6.92 Å². The standard InChI is InChI=1S/C18H31FO2/c1-6-7-10-18(12-13-8-9-14(18)11-13)21-15(20)17(5,19)16(2,3)4/h13-14H,6-12H2,1-5H3. The number of hydrogen-bond acceptors (Lipinski definition) is 2. The number of fused-ring (bicyclic) bond motifs is 2. The molecule has 0 spiro atoms. The number of hydrogen-bond donors (Lipinski definition) is 0. The summed E-state index contributed by atoms with van der Waals surface area (Å²) >= 11 is 0. The molecule has 2 bridgehead atoms. The van der Waals surface area contributed by atoms with Crippen LogP contribution < -0.4 is 0 Å². The predicted molar refractivity (Wildman–Crippen MR) is 82.8 cm³/mol. The molecular weight excluding hydrogens is 267 g/mol. The van der Waals surface area contributed by atoms with Crippen molar-refractivity contribution in [2.24, 2.45) is 17.3 Å². The van der Waals surface area contributed by atoms with Crippen LogP contribution in [0.15, 0.2) is 0 Å². The van der Waals surface area contributed by atoms with Gasteiger partial charge in [0.15, 0.2) is 0 Å². The summed E-state index contributed by atoms with van der Waals surface area (Å²) in [4.78, 5) is 12.5. The van der Waals surface area contributed by atoms with E-state index < -0.39 is 17.1 Å². The molecule has 3 heteroatoms. The minimum Gasteiger partial charge on any atom is -0.456 e. The number of unbranched alkanes of at least 4 members (excludes halogenated alkanes) is 1. The fraction of sp³-hybridized carbons (Fsp3) is 0.944. The molecule has 2 aliphatic carbocycles. The average molecular weight is 298 g/mol. The van der Waals surface area contributed by atoms with Crippen LogP contribution in [0.25, 0.3) is 0 Å². The molecule has 0 radical (unpaired) electrons. The van der Waals surface area contributed by atoms with Gasteiger partial charge in [-0.15, -0.1) is 0 Å². The Morgan fingerprint density at radius 2 is 1.95 bits per heavy atom. The van der Waals surface area contributed by atoms with E-state index in [9.17, 15) is 9.18 Å². The van der Waals surface area contributed by atoms with E-state index in [0.29, 0.717) is 11.8 Å². The monoisotopic (exact) mass is 298 g/mol. The molecule has 0 saturated heterocycles. The summed E-state index contributed by atoms with van der Waals surface area (Å²) in [6, 6.07) is 0. The van der Waals surface area contributed by atoms with Gasteiger partial charge in [0.2, 0.25) is 5.67 Å². The van der Waals surface area contributed by atoms with Crippen LogP contribution in [0.4, 0.5) is 4.39 Å². The summed E-state index contributed by atoms with van der Waals surface area (Å²) in [6.45, 7) is 8.79. The van der Waals surface area contributed by atoms with Gasteiger partial charge in [-0.05, 0) is 57.3 Å². The van der Waals surface area contributed by atoms with E-state index in [1.54, 1.807) is 20.8 Å². The quantitative estimate of drug-likeness (QED) is 0.664. The molecule has 0 aromatic rings. The van der Waals surface area contributed by atoms with Crippen molar-refractivity contribution in [3.05, 3.63) is 0 Å². The van der Waals surface area contributed by atoms with E-state index in [0.717, 1.165) is 38.5 Å². The maximum Gasteiger partial charge on any atom is 0.344 e. The third-order valence-electron chi connectivity index (χ3n) is 5.96. The molecular formula is C18H31FO2. The summed E-state index contributed by atoms with van der Waals surface area (Å²) < 4.78 is 20.8. The van der Waals surface area contributed by atoms with Gasteiger partial charge < -0.3 is 4.74 Å². The lowest BCUT2D eigenvalue weighted by atomic mass is 9.77. The van der Waals surface area contributed by atoms with E-state index in [1.165, 1.54) is 13.3 Å². The molecule has 0 N–H and O–H groups in total. The van der Waals surface area contributed by atoms with Crippen LogP contribution in [0.3, 0.4) is 0 Å². The van der Waals surface area contributed by atoms with Gasteiger partial charge in [0, 0.05) is 5.41 Å². The van der Waals surface area contributed by atoms with E-state index >= 15 is 0 Å². The Hall–Kier alpha value is -0.600. The summed E-state index contributed by atoms with van der Waals surface area (Å²) in [5, 5.41) is 0. The average Bonchev–Trinajstić information content (AvgIpc) is 2.95. The highest BCUT2D eigenvalue weighted by Gasteiger charge is 2.56. The largest absolute Gasteiger partial charge is 0.456 e. The van der Waals surface area contributed by atoms with Gasteiger partial charge in [-0.25, -0.2) is 9.18 Å². The van der Waals surface area contributed by atoms with Crippen LogP contribution in [0.1, 0.15) is 79.6 Å². The van der Waals surface area contributed by atoms with Gasteiger partial charge >= 0.3 is 5.97 Å². The fourth-order valence-corrected chi connectivity index (χ4v) is 3.94. The van der Waals surface area contributed by atoms with Crippen molar-refractivity contribution >= 4 is 5.97 Å². The zero-order valence-corrected chi connectivity index (χ0v) is 14.3. The van der Waals surface area contributed by atoms with Crippen molar-refractivity contribution in [3.63, 3.8) is 0 Å². The Labute approximate surface area is 128 Å². The first-order chi connectivity index (χ1) is 9.62. The molecule has 2 saturated carbocycles. The summed E-state index contributed by atoms with van der Waals surface area (Å²) in [7, 11) is 0. The number of carbonyl (C=O) groups is 1. The van der Waals surface area contributed by atoms with Crippen LogP contribution in [-0.4, -0.2) is 17.2 Å². The van der Waals surface area contributed by atoms with E-state index in [1.807, 2.05) is 0 Å². The third kappa shape index (κ3) is 2.98. The minimum absolute atomic E-state index is 0.380. The second-order valence-corrected chi connectivity index (χ2v) is 8.39. The summed E-state index contributed by atoms with van der Waals surface area (Å²) in [5.41, 5.74) is -3.06. The van der Waals surface area contributed by atoms with Gasteiger partial charge in [0.1, 0.15) is 5.60 Å². The fourth-order valence-electron chi connectivity index (χ4n) is 3.94. The molecule has 21 heavy (non-hydrogen) atoms. The molecule has 0 aromatic heterocycles. The number of halogens is 1. The van der Waals surface area contributed by atoms with Crippen LogP contribution >= 0.6 is 0 Å². The molecule has 0 aromatic carbocycles. The Bertz CT molecular complexity index is 397. The Kier molecular flexibility index (Phi) is 4.43. The highest BCUT2D eigenvalue weighted by molar-refractivity contribution is 5.80. The number of esters is 1. The molecule has 122 valence electrons. The SMILES string of the molecule is CCCCC1(OC(=O)C(C)(F)C(C)(C)C)CC2CCC1C2. The van der Waals surface area contributed by atoms with Gasteiger partial charge in [-0.3, -0.25) is 0 Å². The van der Waals surface area contributed by atoms with E-state index in [-0.39, 0.29) is 5.60 Å². The topological polar surface area (TPSA) is 26.3 Å². The van der Waals surface area contributed by atoms with Gasteiger partial charge in [-0.1, -0.05) is 34.1 Å². The summed E-state index contributed by atoms with van der Waals surface area (Å²) in [5.74, 6) is 0.479. The third-order valence-corrected chi connectivity index (χ3v) is 5.96. The highest BCUT2D eigenvalue weighted by atomic mass is 19.1. The Morgan fingerprint density at radius 1 is 1.29 bits per heavy atom. The Morgan fingerprint density at radius 3 is 2.38 bits per heavy atom. The molecule has 2 nitrogen and oxygen atoms in total. The lowest BCUT2D eigenvalue weighted by molar-refractivity contribution is -0.187. The van der Waals surface area contributed by atoms with Crippen molar-refractivity contribution < 1.29 is 13.9 Å². The van der Waals surface area contributed by atoms with Crippen LogP contribution in [0.2, 0.25) is 0 Å². The van der Waals surface area contributed by atoms with Gasteiger partial charge in [0.05, 0.1) is 0 Å². The number of alkyl halides is 1. The molecule has 2 fully saturated rings. The van der Waals surface area contributed by atoms with E-state index in [4.69, 9.17) is 4.74 Å². The van der Waals surface area contributed by atoms with Crippen molar-refractivity contribution in [1.82, 2.24) is 0 Å². The minimum atomic E-state index is -1.94.